The smallest absolute Gasteiger partial charge is 0.331 e. The number of hydrogen-bond acceptors (Lipinski definition) is 13. The molecule has 34 heavy (non-hydrogen) atoms. The Kier molecular flexibility index (Phi) is 8.81. The molecule has 0 unspecified atom stereocenters. The first-order chi connectivity index (χ1) is 16.1. The van der Waals surface area contributed by atoms with Crippen molar-refractivity contribution in [1.82, 2.24) is 0 Å². The van der Waals surface area contributed by atoms with E-state index >= 15 is 0 Å². The van der Waals surface area contributed by atoms with Crippen LogP contribution in [0.3, 0.4) is 0 Å². The van der Waals surface area contributed by atoms with Gasteiger partial charge in [-0.2, -0.15) is 0 Å². The molecule has 7 N–H and O–H groups in total. The third kappa shape index (κ3) is 6.02. The number of aliphatic hydroxyl groups excluding tert-OH is 6. The lowest BCUT2D eigenvalue weighted by molar-refractivity contribution is -0.312. The number of rotatable bonds is 7. The van der Waals surface area contributed by atoms with Crippen LogP contribution in [0.4, 0.5) is 0 Å². The average molecular weight is 488 g/mol. The number of phenols is 1. The Morgan fingerprint density at radius 3 is 2.50 bits per heavy atom. The largest absolute Gasteiger partial charge is 0.504 e. The van der Waals surface area contributed by atoms with Gasteiger partial charge in [-0.3, -0.25) is 0 Å². The molecule has 0 bridgehead atoms. The van der Waals surface area contributed by atoms with Gasteiger partial charge in [0, 0.05) is 6.08 Å². The second kappa shape index (κ2) is 11.4. The summed E-state index contributed by atoms with van der Waals surface area (Å²) in [6.45, 7) is -0.784. The summed E-state index contributed by atoms with van der Waals surface area (Å²) in [6.07, 6.45) is -11.3. The maximum Gasteiger partial charge on any atom is 0.331 e. The zero-order valence-electron chi connectivity index (χ0n) is 18.1. The van der Waals surface area contributed by atoms with Crippen molar-refractivity contribution in [2.75, 3.05) is 20.3 Å². The Bertz CT molecular complexity index is 861. The Labute approximate surface area is 193 Å². The normalized spacial score (nSPS) is 36.4. The molecule has 1 aromatic rings. The second-order valence-electron chi connectivity index (χ2n) is 7.79. The maximum absolute atomic E-state index is 12.1. The minimum Gasteiger partial charge on any atom is -0.504 e. The summed E-state index contributed by atoms with van der Waals surface area (Å²) in [7, 11) is 1.38. The van der Waals surface area contributed by atoms with Crippen molar-refractivity contribution in [3.63, 3.8) is 0 Å². The predicted molar refractivity (Wildman–Crippen MR) is 110 cm³/mol. The molecule has 0 radical (unpaired) electrons. The Balaban J connectivity index is 1.50. The zero-order valence-corrected chi connectivity index (χ0v) is 18.1. The Morgan fingerprint density at radius 2 is 1.79 bits per heavy atom. The van der Waals surface area contributed by atoms with Gasteiger partial charge in [0.2, 0.25) is 0 Å². The summed E-state index contributed by atoms with van der Waals surface area (Å²) in [5.41, 5.74) is 0.537. The molecule has 13 heteroatoms. The second-order valence-corrected chi connectivity index (χ2v) is 7.79. The third-order valence-electron chi connectivity index (χ3n) is 5.43. The van der Waals surface area contributed by atoms with E-state index in [1.165, 1.54) is 31.4 Å². The highest BCUT2D eigenvalue weighted by Gasteiger charge is 2.45. The molecule has 0 amide bonds. The molecule has 190 valence electrons. The van der Waals surface area contributed by atoms with Crippen molar-refractivity contribution >= 4 is 12.0 Å². The van der Waals surface area contributed by atoms with Gasteiger partial charge in [-0.25, -0.2) is 4.79 Å². The van der Waals surface area contributed by atoms with Crippen LogP contribution >= 0.6 is 0 Å². The average Bonchev–Trinajstić information content (AvgIpc) is 2.82. The molecule has 0 aliphatic carbocycles. The molecule has 2 aliphatic rings. The number of phenolic OH excluding ortho intramolecular Hbond substituents is 1. The highest BCUT2D eigenvalue weighted by atomic mass is 16.7. The molecule has 2 saturated heterocycles. The highest BCUT2D eigenvalue weighted by molar-refractivity contribution is 5.87. The summed E-state index contributed by atoms with van der Waals surface area (Å²) >= 11 is 0. The SMILES string of the molecule is COc1cc(C=CC(=O)O[C@@H]2CO[C@H](OC[C@H]3O[C@@H](O)[C@H](O)[C@@H](O)[C@@H]3O)[C@H](O)[C@H]2O)ccc1O. The molecule has 13 nitrogen and oxygen atoms in total. The van der Waals surface area contributed by atoms with Crippen LogP contribution in [0.1, 0.15) is 5.56 Å². The number of hydrogen-bond donors (Lipinski definition) is 7. The predicted octanol–water partition coefficient (Wildman–Crippen LogP) is -2.78. The van der Waals surface area contributed by atoms with Crippen molar-refractivity contribution in [2.24, 2.45) is 0 Å². The lowest BCUT2D eigenvalue weighted by atomic mass is 9.99. The van der Waals surface area contributed by atoms with Crippen molar-refractivity contribution in [3.05, 3.63) is 29.8 Å². The van der Waals surface area contributed by atoms with E-state index in [-0.39, 0.29) is 18.1 Å². The zero-order chi connectivity index (χ0) is 25.0. The number of benzene rings is 1. The van der Waals surface area contributed by atoms with Crippen molar-refractivity contribution in [1.29, 1.82) is 0 Å². The van der Waals surface area contributed by atoms with Crippen molar-refractivity contribution in [2.45, 2.75) is 55.3 Å². The summed E-state index contributed by atoms with van der Waals surface area (Å²) in [5, 5.41) is 68.8. The van der Waals surface area contributed by atoms with Gasteiger partial charge in [-0.1, -0.05) is 6.07 Å². The summed E-state index contributed by atoms with van der Waals surface area (Å²) in [4.78, 5) is 12.1. The maximum atomic E-state index is 12.1. The van der Waals surface area contributed by atoms with Gasteiger partial charge in [-0.15, -0.1) is 0 Å². The van der Waals surface area contributed by atoms with Gasteiger partial charge in [0.15, 0.2) is 30.2 Å². The third-order valence-corrected chi connectivity index (χ3v) is 5.43. The van der Waals surface area contributed by atoms with E-state index in [9.17, 15) is 40.5 Å². The van der Waals surface area contributed by atoms with Gasteiger partial charge >= 0.3 is 5.97 Å². The molecule has 1 aromatic carbocycles. The number of aliphatic hydroxyl groups is 6. The van der Waals surface area contributed by atoms with Crippen LogP contribution in [-0.2, 0) is 23.7 Å². The van der Waals surface area contributed by atoms with E-state index in [4.69, 9.17) is 23.7 Å². The highest BCUT2D eigenvalue weighted by Crippen LogP contribution is 2.27. The Hall–Kier alpha value is -2.33. The molecule has 0 aromatic heterocycles. The van der Waals surface area contributed by atoms with Crippen LogP contribution in [0.25, 0.3) is 6.08 Å². The number of esters is 1. The molecule has 2 aliphatic heterocycles. The van der Waals surface area contributed by atoms with E-state index < -0.39 is 67.9 Å². The monoisotopic (exact) mass is 488 g/mol. The van der Waals surface area contributed by atoms with Crippen LogP contribution in [0.2, 0.25) is 0 Å². The molecular weight excluding hydrogens is 460 g/mol. The lowest BCUT2D eigenvalue weighted by Gasteiger charge is -2.40. The first-order valence-corrected chi connectivity index (χ1v) is 10.3. The van der Waals surface area contributed by atoms with E-state index in [0.29, 0.717) is 5.56 Å². The quantitative estimate of drug-likeness (QED) is 0.153. The number of methoxy groups -OCH3 is 1. The van der Waals surface area contributed by atoms with E-state index in [1.807, 2.05) is 0 Å². The fourth-order valence-electron chi connectivity index (χ4n) is 3.43. The Morgan fingerprint density at radius 1 is 1.06 bits per heavy atom. The molecule has 9 atom stereocenters. The molecule has 2 fully saturated rings. The van der Waals surface area contributed by atoms with Gasteiger partial charge in [0.05, 0.1) is 20.3 Å². The molecule has 0 spiro atoms. The first kappa shape index (κ1) is 26.3. The van der Waals surface area contributed by atoms with Gasteiger partial charge in [0.1, 0.15) is 36.6 Å². The van der Waals surface area contributed by atoms with Gasteiger partial charge in [-0.05, 0) is 23.8 Å². The molecule has 3 rings (SSSR count). The summed E-state index contributed by atoms with van der Waals surface area (Å²) < 4.78 is 25.6. The molecule has 0 saturated carbocycles. The van der Waals surface area contributed by atoms with Crippen molar-refractivity contribution < 1.29 is 64.2 Å². The fraction of sp³-hybridized carbons (Fsp3) is 0.571. The number of ether oxygens (including phenoxy) is 5. The minimum absolute atomic E-state index is 0.0648. The fourth-order valence-corrected chi connectivity index (χ4v) is 3.43. The standard InChI is InChI=1S/C21H28O13/c1-30-11-6-9(2-4-10(11)22)3-5-14(23)33-12-7-31-21(19(28)16(12)25)32-8-13-15(24)17(26)18(27)20(29)34-13/h2-6,12-13,15-22,24-29H,7-8H2,1H3/t12-,13-,15-,16+,17+,18-,19-,20-,21-/m1/s1. The van der Waals surface area contributed by atoms with E-state index in [0.717, 1.165) is 6.08 Å². The van der Waals surface area contributed by atoms with Crippen LogP contribution in [-0.4, -0.2) is 117 Å². The summed E-state index contributed by atoms with van der Waals surface area (Å²) in [5.74, 6) is -0.677. The van der Waals surface area contributed by atoms with E-state index in [2.05, 4.69) is 0 Å². The van der Waals surface area contributed by atoms with Gasteiger partial charge in [0.25, 0.3) is 0 Å². The minimum atomic E-state index is -1.76. The number of carbonyl (C=O) groups excluding carboxylic acids is 1. The van der Waals surface area contributed by atoms with Crippen LogP contribution in [0.15, 0.2) is 24.3 Å². The molecule has 2 heterocycles. The van der Waals surface area contributed by atoms with Crippen LogP contribution in [0.5, 0.6) is 11.5 Å². The van der Waals surface area contributed by atoms with Crippen molar-refractivity contribution in [3.8, 4) is 11.5 Å². The topological polar surface area (TPSA) is 205 Å². The van der Waals surface area contributed by atoms with E-state index in [1.54, 1.807) is 0 Å². The first-order valence-electron chi connectivity index (χ1n) is 10.3. The van der Waals surface area contributed by atoms with Crippen LogP contribution < -0.4 is 4.74 Å². The molecular formula is C21H28O13. The lowest BCUT2D eigenvalue weighted by Crippen LogP contribution is -2.60. The van der Waals surface area contributed by atoms with Gasteiger partial charge < -0.3 is 59.4 Å². The number of aromatic hydroxyl groups is 1. The summed E-state index contributed by atoms with van der Waals surface area (Å²) in [6, 6.07) is 4.42. The van der Waals surface area contributed by atoms with Crippen LogP contribution in [0, 0.1) is 0 Å². The number of carbonyl (C=O) groups is 1.